The molecular weight excluding hydrogens is 1810 g/mol. The SMILES string of the molecule is O=C(NC[C@@H]1O[C@H](O[C@H]2[C@@H](OC(=O)c3ccccc3)[C@H](O[C@@H]3[C@@H](OC(=O)c4ccccc4)[C@H](NC(=O)OCc4ccccc4)C[C@H](NC(=O)OCc4ccccc4)[C@H]3O[C@H]3O[C@H](CO)[C@@H](O)[C@H](OC(=O)c4ccccc4)[C@H]3NC(=O)OCc3ccccc3)O[C@@H]2COC(=O)c2ccccc2)[C@H](NC(=O)OCc2ccccc2)[C@@H](OC(=O)c2ccccc2)[C@@H]1OC(=O)c1ccccc1)OCc1ccccc1. The highest BCUT2D eigenvalue weighted by Crippen LogP contribution is 2.41. The third-order valence-corrected chi connectivity index (χ3v) is 22.9. The number of aliphatic hydroxyl groups is 2. The van der Waals surface area contributed by atoms with E-state index in [4.69, 9.17) is 80.5 Å². The van der Waals surface area contributed by atoms with Crippen molar-refractivity contribution >= 4 is 66.3 Å². The van der Waals surface area contributed by atoms with E-state index in [1.165, 1.54) is 121 Å². The standard InChI is InChI=1S/C105H99N5O30/c111-58-79-83(112)88(135-95(116)73-50-28-9-29-51-73)81(109-104(122)128-62-68-40-18-4-19-41-68)98(131-79)138-85-77(108-103(121)127-61-67-38-16-3-17-39-67)56-76(107-102(120)126-60-66-36-14-2-15-37-66)84(133-93(114)71-46-24-7-25-47-71)90(85)140-100-91(137-97(118)75-54-32-11-33-55-75)87(80(132-100)64-124-92(113)70-44-22-6-23-45-70)139-99-82(110-105(123)129-63-69-42-20-5-21-43-69)89(136-96(117)74-52-30-10-31-53-74)86(134-94(115)72-48-26-8-27-49-72)78(130-99)57-106-101(119)125-59-65-34-12-1-13-35-65/h1-55,76-91,98-100,111-112H,56-64H2,(H,106,119)(H,107,120)(H,108,121)(H,109,122)(H,110,123)/t76-,77+,78+,79-,80-,81-,82-,83-,84+,85-,86-,87-,88-,89-,90-,91-,98-,99-,100+/m1/s1. The van der Waals surface area contributed by atoms with Crippen LogP contribution in [0.4, 0.5) is 24.0 Å². The van der Waals surface area contributed by atoms with Crippen LogP contribution >= 0.6 is 0 Å². The van der Waals surface area contributed by atoms with E-state index >= 15 is 28.8 Å². The van der Waals surface area contributed by atoms with Gasteiger partial charge in [0.05, 0.1) is 58.6 Å². The number of carbonyl (C=O) groups is 11. The number of hydrogen-bond donors (Lipinski definition) is 7. The Morgan fingerprint density at radius 1 is 0.264 bits per heavy atom. The van der Waals surface area contributed by atoms with Gasteiger partial charge in [-0.05, 0) is 107 Å². The van der Waals surface area contributed by atoms with E-state index in [0.717, 1.165) is 0 Å². The number of esters is 6. The number of carbonyl (C=O) groups excluding carboxylic acids is 11. The second-order valence-electron chi connectivity index (χ2n) is 32.5. The molecule has 1 saturated carbocycles. The van der Waals surface area contributed by atoms with Gasteiger partial charge >= 0.3 is 66.3 Å². The average Bonchev–Trinajstić information content (AvgIpc) is 1.73. The Balaban J connectivity index is 0.915. The van der Waals surface area contributed by atoms with Crippen LogP contribution < -0.4 is 26.6 Å². The molecule has 4 fully saturated rings. The molecule has 0 radical (unpaired) electrons. The largest absolute Gasteiger partial charge is 0.459 e. The molecule has 0 aromatic heterocycles. The first-order valence-corrected chi connectivity index (χ1v) is 44.9. The van der Waals surface area contributed by atoms with Crippen LogP contribution in [0.3, 0.4) is 0 Å². The number of nitrogens with one attached hydrogen (secondary N) is 5. The van der Waals surface area contributed by atoms with Gasteiger partial charge < -0.3 is 117 Å². The van der Waals surface area contributed by atoms with Gasteiger partial charge in [0.15, 0.2) is 49.4 Å². The average molecular weight is 1910 g/mol. The Labute approximate surface area is 802 Å². The molecule has 724 valence electrons. The van der Waals surface area contributed by atoms with Crippen LogP contribution in [-0.2, 0) is 114 Å². The van der Waals surface area contributed by atoms with Gasteiger partial charge in [0.1, 0.15) is 94.5 Å². The summed E-state index contributed by atoms with van der Waals surface area (Å²) in [4.78, 5) is 165. The lowest BCUT2D eigenvalue weighted by Crippen LogP contribution is -2.71. The summed E-state index contributed by atoms with van der Waals surface area (Å²) >= 11 is 0. The molecule has 0 unspecified atom stereocenters. The van der Waals surface area contributed by atoms with Gasteiger partial charge in [-0.2, -0.15) is 0 Å². The van der Waals surface area contributed by atoms with Crippen molar-refractivity contribution in [1.82, 2.24) is 26.6 Å². The van der Waals surface area contributed by atoms with Crippen molar-refractivity contribution in [2.75, 3.05) is 19.8 Å². The quantitative estimate of drug-likeness (QED) is 0.0142. The summed E-state index contributed by atoms with van der Waals surface area (Å²) in [5.41, 5.74) is 2.03. The second-order valence-corrected chi connectivity index (χ2v) is 32.5. The molecule has 3 aliphatic heterocycles. The van der Waals surface area contributed by atoms with Crippen molar-refractivity contribution < 1.29 is 143 Å². The van der Waals surface area contributed by atoms with E-state index in [2.05, 4.69) is 26.6 Å². The van der Waals surface area contributed by atoms with Crippen LogP contribution in [0.25, 0.3) is 0 Å². The molecule has 140 heavy (non-hydrogen) atoms. The minimum atomic E-state index is -2.37. The highest BCUT2D eigenvalue weighted by Gasteiger charge is 2.61. The highest BCUT2D eigenvalue weighted by atomic mass is 16.8. The molecule has 15 rings (SSSR count). The van der Waals surface area contributed by atoms with Crippen LogP contribution in [0.2, 0.25) is 0 Å². The summed E-state index contributed by atoms with van der Waals surface area (Å²) in [5.74, 6) is -6.58. The van der Waals surface area contributed by atoms with Gasteiger partial charge in [-0.15, -0.1) is 0 Å². The van der Waals surface area contributed by atoms with Crippen LogP contribution in [0.5, 0.6) is 0 Å². The fourth-order valence-electron chi connectivity index (χ4n) is 16.0. The number of hydrogen-bond acceptors (Lipinski definition) is 30. The summed E-state index contributed by atoms with van der Waals surface area (Å²) in [6.45, 7) is -4.60. The van der Waals surface area contributed by atoms with Crippen LogP contribution in [0.1, 0.15) is 96.4 Å². The molecule has 35 heteroatoms. The summed E-state index contributed by atoms with van der Waals surface area (Å²) < 4.78 is 111. The number of ether oxygens (including phenoxy) is 17. The van der Waals surface area contributed by atoms with E-state index in [1.807, 2.05) is 0 Å². The maximum absolute atomic E-state index is 15.8. The number of benzene rings is 11. The van der Waals surface area contributed by atoms with Gasteiger partial charge in [-0.1, -0.05) is 261 Å². The zero-order valence-electron chi connectivity index (χ0n) is 74.9. The predicted octanol–water partition coefficient (Wildman–Crippen LogP) is 12.2. The van der Waals surface area contributed by atoms with E-state index in [-0.39, 0.29) is 53.2 Å². The molecule has 0 spiro atoms. The third-order valence-electron chi connectivity index (χ3n) is 22.9. The first-order valence-electron chi connectivity index (χ1n) is 44.9. The lowest BCUT2D eigenvalue weighted by atomic mass is 9.83. The predicted molar refractivity (Wildman–Crippen MR) is 492 cm³/mol. The minimum Gasteiger partial charge on any atom is -0.459 e. The fourth-order valence-corrected chi connectivity index (χ4v) is 16.0. The maximum Gasteiger partial charge on any atom is 0.407 e. The van der Waals surface area contributed by atoms with Crippen molar-refractivity contribution in [2.45, 2.75) is 156 Å². The summed E-state index contributed by atoms with van der Waals surface area (Å²) in [7, 11) is 0. The van der Waals surface area contributed by atoms with Crippen molar-refractivity contribution in [2.24, 2.45) is 0 Å². The molecule has 11 aromatic rings. The second kappa shape index (κ2) is 49.3. The van der Waals surface area contributed by atoms with Gasteiger partial charge in [-0.3, -0.25) is 0 Å². The minimum absolute atomic E-state index is 0.0179. The maximum atomic E-state index is 15.8. The third kappa shape index (κ3) is 27.2. The van der Waals surface area contributed by atoms with E-state index in [9.17, 15) is 34.2 Å². The molecule has 4 aliphatic rings. The van der Waals surface area contributed by atoms with Gasteiger partial charge in [0.2, 0.25) is 0 Å². The lowest BCUT2D eigenvalue weighted by Gasteiger charge is -2.50. The Kier molecular flexibility index (Phi) is 34.8. The van der Waals surface area contributed by atoms with Crippen LogP contribution in [-0.4, -0.2) is 213 Å². The Bertz CT molecular complexity index is 5890. The van der Waals surface area contributed by atoms with Crippen molar-refractivity contribution in [3.63, 3.8) is 0 Å². The van der Waals surface area contributed by atoms with E-state index in [1.54, 1.807) is 212 Å². The molecule has 0 bridgehead atoms. The van der Waals surface area contributed by atoms with Gasteiger partial charge in [0, 0.05) is 0 Å². The normalized spacial score (nSPS) is 23.4. The Hall–Kier alpha value is -15.7. The van der Waals surface area contributed by atoms with Crippen LogP contribution in [0.15, 0.2) is 334 Å². The zero-order valence-corrected chi connectivity index (χ0v) is 74.9. The molecule has 1 aliphatic carbocycles. The summed E-state index contributed by atoms with van der Waals surface area (Å²) in [6.07, 6.45) is -38.1. The van der Waals surface area contributed by atoms with Gasteiger partial charge in [-0.25, -0.2) is 52.7 Å². The Morgan fingerprint density at radius 3 is 0.914 bits per heavy atom. The van der Waals surface area contributed by atoms with Crippen LogP contribution in [0, 0.1) is 0 Å². The summed E-state index contributed by atoms with van der Waals surface area (Å²) in [5, 5.41) is 37.6. The molecule has 19 atom stereocenters. The molecule has 5 amide bonds. The van der Waals surface area contributed by atoms with Crippen molar-refractivity contribution in [1.29, 1.82) is 0 Å². The van der Waals surface area contributed by atoms with E-state index < -0.39 is 222 Å². The monoisotopic (exact) mass is 1910 g/mol. The first kappa shape index (κ1) is 98.8. The molecular formula is C105H99N5O30. The highest BCUT2D eigenvalue weighted by molar-refractivity contribution is 5.93. The van der Waals surface area contributed by atoms with Crippen molar-refractivity contribution in [3.8, 4) is 0 Å². The van der Waals surface area contributed by atoms with E-state index in [0.29, 0.717) is 27.8 Å². The topological polar surface area (TPSA) is 445 Å². The molecule has 3 saturated heterocycles. The Morgan fingerprint density at radius 2 is 0.543 bits per heavy atom. The fraction of sp³-hybridized carbons (Fsp3) is 0.267. The number of aliphatic hydroxyl groups excluding tert-OH is 2. The summed E-state index contributed by atoms with van der Waals surface area (Å²) in [6, 6.07) is 79.7. The zero-order chi connectivity index (χ0) is 97.5. The number of alkyl carbamates (subject to hydrolysis) is 5. The number of amides is 5. The van der Waals surface area contributed by atoms with Gasteiger partial charge in [0.25, 0.3) is 0 Å². The van der Waals surface area contributed by atoms with Crippen molar-refractivity contribution in [3.05, 3.63) is 395 Å². The smallest absolute Gasteiger partial charge is 0.407 e. The molecule has 7 N–H and O–H groups in total. The lowest BCUT2D eigenvalue weighted by molar-refractivity contribution is -0.313. The molecule has 35 nitrogen and oxygen atoms in total. The number of rotatable bonds is 36. The molecule has 11 aromatic carbocycles. The first-order chi connectivity index (χ1) is 68.3. The molecule has 3 heterocycles.